The summed E-state index contributed by atoms with van der Waals surface area (Å²) in [5, 5.41) is 0.772. The van der Waals surface area contributed by atoms with Gasteiger partial charge in [0.1, 0.15) is 11.5 Å². The van der Waals surface area contributed by atoms with Crippen LogP contribution in [-0.4, -0.2) is 59.7 Å². The van der Waals surface area contributed by atoms with Gasteiger partial charge in [0.15, 0.2) is 0 Å². The fourth-order valence-electron chi connectivity index (χ4n) is 4.64. The van der Waals surface area contributed by atoms with E-state index >= 15 is 0 Å². The molecule has 2 aromatic heterocycles. The highest BCUT2D eigenvalue weighted by Gasteiger charge is 2.21. The molecule has 0 bridgehead atoms. The summed E-state index contributed by atoms with van der Waals surface area (Å²) < 4.78 is 35.1. The van der Waals surface area contributed by atoms with Gasteiger partial charge in [-0.3, -0.25) is 9.97 Å². The Bertz CT molecular complexity index is 1840. The number of fused-ring (bicyclic) bond motifs is 2. The van der Waals surface area contributed by atoms with E-state index in [0.29, 0.717) is 57.2 Å². The van der Waals surface area contributed by atoms with E-state index in [1.54, 1.807) is 50.2 Å². The van der Waals surface area contributed by atoms with Crippen LogP contribution in [0.3, 0.4) is 0 Å². The van der Waals surface area contributed by atoms with Crippen molar-refractivity contribution in [1.82, 2.24) is 19.9 Å². The van der Waals surface area contributed by atoms with Crippen molar-refractivity contribution in [3.05, 3.63) is 107 Å². The fourth-order valence-corrected chi connectivity index (χ4v) is 6.82. The lowest BCUT2D eigenvalue weighted by Crippen LogP contribution is -2.11. The second-order valence-corrected chi connectivity index (χ2v) is 13.1. The standard InChI is InChI=1S/2C17H17N3O3S.H2O/c2*1-2-23-16(21)11-7-8-13(18)12(9-11)10-24(22)17-19-14-5-3-4-6-15(14)20-17;/h2*3-9H,2,10,18H2,1H3,(H,19,20);1H2. The van der Waals surface area contributed by atoms with Gasteiger partial charge in [0, 0.05) is 44.9 Å². The molecule has 6 aromatic rings. The molecule has 0 amide bonds. The van der Waals surface area contributed by atoms with Crippen LogP contribution < -0.4 is 11.5 Å². The SMILES string of the molecule is CCOC(=O)c1ccc(N)c(C[S+]([O-])c2nc3ccccc3[nH]2)c1.CCOC(=O)c1ccc(N)c(C[S+]([O-])c2nc3ccccc3[nH]2)c1.O. The number of nitrogen functional groups attached to an aromatic ring is 2. The van der Waals surface area contributed by atoms with Crippen molar-refractivity contribution in [2.24, 2.45) is 0 Å². The Morgan fingerprint density at radius 1 is 0.673 bits per heavy atom. The van der Waals surface area contributed by atoms with Crippen LogP contribution in [0.25, 0.3) is 22.1 Å². The first-order valence-electron chi connectivity index (χ1n) is 14.9. The first-order chi connectivity index (χ1) is 23.2. The number of ether oxygens (including phenoxy) is 2. The van der Waals surface area contributed by atoms with Gasteiger partial charge in [-0.25, -0.2) is 9.59 Å². The maximum atomic E-state index is 12.6. The zero-order valence-electron chi connectivity index (χ0n) is 26.7. The number of aromatic amines is 2. The molecule has 0 aliphatic rings. The quantitative estimate of drug-likeness (QED) is 0.0888. The Balaban J connectivity index is 0.000000216. The average molecular weight is 705 g/mol. The minimum Gasteiger partial charge on any atom is -0.609 e. The van der Waals surface area contributed by atoms with Gasteiger partial charge in [0.25, 0.3) is 0 Å². The van der Waals surface area contributed by atoms with Crippen molar-refractivity contribution in [1.29, 1.82) is 0 Å². The number of benzene rings is 4. The van der Waals surface area contributed by atoms with Gasteiger partial charge < -0.3 is 35.5 Å². The van der Waals surface area contributed by atoms with Crippen molar-refractivity contribution in [2.45, 2.75) is 35.7 Å². The van der Waals surface area contributed by atoms with Crippen LogP contribution in [0.15, 0.2) is 95.2 Å². The number of aromatic nitrogens is 4. The zero-order valence-corrected chi connectivity index (χ0v) is 28.4. The number of para-hydroxylation sites is 4. The van der Waals surface area contributed by atoms with E-state index in [4.69, 9.17) is 20.9 Å². The number of carbonyl (C=O) groups is 2. The van der Waals surface area contributed by atoms with Crippen LogP contribution in [-0.2, 0) is 43.3 Å². The van der Waals surface area contributed by atoms with Crippen LogP contribution in [0.1, 0.15) is 45.7 Å². The largest absolute Gasteiger partial charge is 0.609 e. The number of nitrogens with one attached hydrogen (secondary N) is 2. The monoisotopic (exact) mass is 704 g/mol. The third kappa shape index (κ3) is 9.10. The number of hydrogen-bond donors (Lipinski definition) is 4. The van der Waals surface area contributed by atoms with E-state index < -0.39 is 34.3 Å². The third-order valence-electron chi connectivity index (χ3n) is 7.05. The maximum absolute atomic E-state index is 12.6. The number of nitrogens with two attached hydrogens (primary N) is 2. The van der Waals surface area contributed by atoms with Crippen molar-refractivity contribution in [3.8, 4) is 0 Å². The lowest BCUT2D eigenvalue weighted by Gasteiger charge is -2.10. The summed E-state index contributed by atoms with van der Waals surface area (Å²) in [7, 11) is 0. The molecule has 0 saturated carbocycles. The minimum atomic E-state index is -1.40. The van der Waals surface area contributed by atoms with Crippen LogP contribution in [0, 0.1) is 0 Å². The van der Waals surface area contributed by atoms with Gasteiger partial charge in [-0.15, -0.1) is 0 Å². The Labute approximate surface area is 288 Å². The second-order valence-electron chi connectivity index (χ2n) is 10.4. The molecule has 0 saturated heterocycles. The number of anilines is 2. The summed E-state index contributed by atoms with van der Waals surface area (Å²) in [5.74, 6) is -0.515. The second kappa shape index (κ2) is 16.9. The highest BCUT2D eigenvalue weighted by atomic mass is 32.2. The maximum Gasteiger partial charge on any atom is 0.338 e. The topological polar surface area (TPSA) is 240 Å². The number of nitrogens with zero attached hydrogens (tertiary/aromatic N) is 2. The number of imidazole rings is 2. The predicted octanol–water partition coefficient (Wildman–Crippen LogP) is 4.43. The Hall–Kier alpha value is -5.06. The lowest BCUT2D eigenvalue weighted by molar-refractivity contribution is 0.0516. The predicted molar refractivity (Wildman–Crippen MR) is 190 cm³/mol. The van der Waals surface area contributed by atoms with Crippen LogP contribution in [0.2, 0.25) is 0 Å². The molecule has 15 heteroatoms. The fraction of sp³-hybridized carbons (Fsp3) is 0.176. The van der Waals surface area contributed by atoms with Crippen molar-refractivity contribution in [2.75, 3.05) is 24.7 Å². The van der Waals surface area contributed by atoms with E-state index in [0.717, 1.165) is 22.1 Å². The molecule has 2 atom stereocenters. The number of carbonyl (C=O) groups excluding carboxylic acids is 2. The van der Waals surface area contributed by atoms with Gasteiger partial charge in [-0.05, 0) is 74.5 Å². The summed E-state index contributed by atoms with van der Waals surface area (Å²) in [6, 6.07) is 24.6. The highest BCUT2D eigenvalue weighted by Crippen LogP contribution is 2.24. The molecule has 49 heavy (non-hydrogen) atoms. The van der Waals surface area contributed by atoms with Gasteiger partial charge in [0.2, 0.25) is 0 Å². The first-order valence-corrected chi connectivity index (χ1v) is 17.6. The lowest BCUT2D eigenvalue weighted by atomic mass is 10.1. The molecule has 0 fully saturated rings. The highest BCUT2D eigenvalue weighted by molar-refractivity contribution is 7.90. The molecule has 0 aliphatic heterocycles. The first kappa shape index (κ1) is 36.8. The molecule has 13 nitrogen and oxygen atoms in total. The Morgan fingerprint density at radius 3 is 1.43 bits per heavy atom. The third-order valence-corrected chi connectivity index (χ3v) is 9.44. The normalized spacial score (nSPS) is 12.0. The van der Waals surface area contributed by atoms with Crippen molar-refractivity contribution >= 4 is 67.7 Å². The molecule has 8 N–H and O–H groups in total. The molecule has 256 valence electrons. The summed E-state index contributed by atoms with van der Waals surface area (Å²) in [6.07, 6.45) is 0. The van der Waals surface area contributed by atoms with Gasteiger partial charge in [-0.1, -0.05) is 24.3 Å². The minimum absolute atomic E-state index is 0. The van der Waals surface area contributed by atoms with E-state index in [2.05, 4.69) is 19.9 Å². The van der Waals surface area contributed by atoms with Gasteiger partial charge in [-0.2, -0.15) is 9.97 Å². The van der Waals surface area contributed by atoms with E-state index in [1.165, 1.54) is 0 Å². The Morgan fingerprint density at radius 2 is 1.06 bits per heavy atom. The molecule has 4 aromatic carbocycles. The van der Waals surface area contributed by atoms with Gasteiger partial charge >= 0.3 is 22.3 Å². The summed E-state index contributed by atoms with van der Waals surface area (Å²) in [5.41, 5.74) is 18.1. The van der Waals surface area contributed by atoms with Crippen LogP contribution in [0.4, 0.5) is 11.4 Å². The zero-order chi connectivity index (χ0) is 34.2. The van der Waals surface area contributed by atoms with Crippen molar-refractivity contribution < 1.29 is 33.6 Å². The number of esters is 2. The molecular formula is C34H36N6O7S2. The molecule has 2 unspecified atom stereocenters. The molecule has 6 rings (SSSR count). The smallest absolute Gasteiger partial charge is 0.338 e. The Kier molecular flexibility index (Phi) is 12.6. The number of rotatable bonds is 10. The average Bonchev–Trinajstić information content (AvgIpc) is 3.72. The van der Waals surface area contributed by atoms with E-state index in [9.17, 15) is 18.7 Å². The molecular weight excluding hydrogens is 669 g/mol. The molecule has 0 aliphatic carbocycles. The van der Waals surface area contributed by atoms with Crippen LogP contribution >= 0.6 is 0 Å². The molecule has 0 spiro atoms. The summed E-state index contributed by atoms with van der Waals surface area (Å²) >= 11 is -2.80. The number of H-pyrrole nitrogens is 2. The summed E-state index contributed by atoms with van der Waals surface area (Å²) in [6.45, 7) is 4.08. The van der Waals surface area contributed by atoms with E-state index in [-0.39, 0.29) is 17.0 Å². The molecule has 0 radical (unpaired) electrons. The van der Waals surface area contributed by atoms with Gasteiger partial charge in [0.05, 0.1) is 46.4 Å². The number of hydrogen-bond acceptors (Lipinski definition) is 10. The van der Waals surface area contributed by atoms with E-state index in [1.807, 2.05) is 48.5 Å². The molecule has 2 heterocycles. The van der Waals surface area contributed by atoms with Crippen molar-refractivity contribution in [3.63, 3.8) is 0 Å². The van der Waals surface area contributed by atoms with Crippen LogP contribution in [0.5, 0.6) is 0 Å². The summed E-state index contributed by atoms with van der Waals surface area (Å²) in [4.78, 5) is 38.4.